The van der Waals surface area contributed by atoms with Crippen molar-refractivity contribution in [3.63, 3.8) is 0 Å². The number of nitrogens with zero attached hydrogens (tertiary/aromatic N) is 1. The smallest absolute Gasteiger partial charge is 0.257 e. The van der Waals surface area contributed by atoms with Gasteiger partial charge in [-0.3, -0.25) is 10.1 Å². The second kappa shape index (κ2) is 6.65. The van der Waals surface area contributed by atoms with E-state index in [0.29, 0.717) is 22.1 Å². The zero-order valence-corrected chi connectivity index (χ0v) is 15.1. The molecule has 1 N–H and O–H groups in total. The van der Waals surface area contributed by atoms with Crippen molar-refractivity contribution in [2.45, 2.75) is 6.92 Å². The Hall–Kier alpha value is -3.12. The van der Waals surface area contributed by atoms with Crippen LogP contribution in [0.1, 0.15) is 15.9 Å². The Morgan fingerprint density at radius 2 is 1.96 bits per heavy atom. The molecule has 0 fully saturated rings. The highest BCUT2D eigenvalue weighted by Gasteiger charge is 2.13. The number of rotatable bonds is 4. The number of hydrogen-bond acceptors (Lipinski definition) is 5. The van der Waals surface area contributed by atoms with Crippen LogP contribution in [0.5, 0.6) is 5.75 Å². The minimum Gasteiger partial charge on any atom is -0.497 e. The van der Waals surface area contributed by atoms with E-state index in [2.05, 4.69) is 10.3 Å². The second-order valence-corrected chi connectivity index (χ2v) is 6.73. The number of carbonyl (C=O) groups is 1. The average molecular weight is 364 g/mol. The van der Waals surface area contributed by atoms with Gasteiger partial charge in [0.25, 0.3) is 5.91 Å². The van der Waals surface area contributed by atoms with Gasteiger partial charge in [-0.2, -0.15) is 0 Å². The zero-order valence-electron chi connectivity index (χ0n) is 14.3. The number of amides is 1. The van der Waals surface area contributed by atoms with E-state index in [0.717, 1.165) is 22.3 Å². The lowest BCUT2D eigenvalue weighted by Crippen LogP contribution is -2.11. The maximum Gasteiger partial charge on any atom is 0.257 e. The predicted octanol–water partition coefficient (Wildman–Crippen LogP) is 5.13. The molecular weight excluding hydrogens is 348 g/mol. The fourth-order valence-corrected chi connectivity index (χ4v) is 3.29. The van der Waals surface area contributed by atoms with Crippen molar-refractivity contribution in [2.75, 3.05) is 12.4 Å². The zero-order chi connectivity index (χ0) is 18.1. The molecule has 4 rings (SSSR count). The third-order valence-corrected chi connectivity index (χ3v) is 4.77. The fourth-order valence-electron chi connectivity index (χ4n) is 2.59. The fraction of sp³-hybridized carbons (Fsp3) is 0.100. The van der Waals surface area contributed by atoms with Gasteiger partial charge in [-0.1, -0.05) is 17.7 Å². The van der Waals surface area contributed by atoms with Gasteiger partial charge in [-0.15, -0.1) is 11.3 Å². The summed E-state index contributed by atoms with van der Waals surface area (Å²) in [6.45, 7) is 1.98. The Morgan fingerprint density at radius 1 is 1.15 bits per heavy atom. The number of aromatic nitrogens is 1. The first-order valence-electron chi connectivity index (χ1n) is 8.04. The topological polar surface area (TPSA) is 64.4 Å². The van der Waals surface area contributed by atoms with Crippen molar-refractivity contribution in [1.29, 1.82) is 0 Å². The lowest BCUT2D eigenvalue weighted by atomic mass is 10.1. The van der Waals surface area contributed by atoms with Crippen molar-refractivity contribution in [3.8, 4) is 17.2 Å². The van der Waals surface area contributed by atoms with Gasteiger partial charge in [-0.25, -0.2) is 4.98 Å². The highest BCUT2D eigenvalue weighted by atomic mass is 32.1. The van der Waals surface area contributed by atoms with Crippen LogP contribution in [-0.4, -0.2) is 18.0 Å². The van der Waals surface area contributed by atoms with E-state index >= 15 is 0 Å². The molecule has 0 bridgehead atoms. The summed E-state index contributed by atoms with van der Waals surface area (Å²) < 4.78 is 11.1. The van der Waals surface area contributed by atoms with Crippen molar-refractivity contribution in [2.24, 2.45) is 0 Å². The van der Waals surface area contributed by atoms with Crippen LogP contribution in [0.25, 0.3) is 22.4 Å². The number of ether oxygens (including phenoxy) is 1. The highest BCUT2D eigenvalue weighted by Crippen LogP contribution is 2.32. The van der Waals surface area contributed by atoms with Gasteiger partial charge >= 0.3 is 0 Å². The Morgan fingerprint density at radius 3 is 2.73 bits per heavy atom. The van der Waals surface area contributed by atoms with Crippen LogP contribution < -0.4 is 10.1 Å². The monoisotopic (exact) mass is 364 g/mol. The summed E-state index contributed by atoms with van der Waals surface area (Å²) in [5.41, 5.74) is 3.16. The van der Waals surface area contributed by atoms with Crippen LogP contribution in [0.2, 0.25) is 0 Å². The molecule has 1 amide bonds. The largest absolute Gasteiger partial charge is 0.497 e. The first kappa shape index (κ1) is 16.4. The minimum atomic E-state index is -0.180. The van der Waals surface area contributed by atoms with Crippen molar-refractivity contribution in [1.82, 2.24) is 4.98 Å². The third kappa shape index (κ3) is 3.19. The van der Waals surface area contributed by atoms with Gasteiger partial charge in [0.1, 0.15) is 17.0 Å². The molecule has 0 aliphatic carbocycles. The molecule has 0 radical (unpaired) electrons. The molecule has 4 aromatic rings. The number of benzene rings is 2. The number of thiazole rings is 1. The summed E-state index contributed by atoms with van der Waals surface area (Å²) in [7, 11) is 1.63. The average Bonchev–Trinajstić information content (AvgIpc) is 3.28. The summed E-state index contributed by atoms with van der Waals surface area (Å²) in [5, 5.41) is 6.16. The molecule has 0 unspecified atom stereocenters. The molecule has 0 saturated heterocycles. The van der Waals surface area contributed by atoms with Crippen LogP contribution in [-0.2, 0) is 0 Å². The van der Waals surface area contributed by atoms with Crippen molar-refractivity contribution >= 4 is 33.3 Å². The number of nitrogens with one attached hydrogen (secondary N) is 1. The van der Waals surface area contributed by atoms with Crippen LogP contribution in [0.4, 0.5) is 5.13 Å². The first-order chi connectivity index (χ1) is 12.6. The van der Waals surface area contributed by atoms with Crippen molar-refractivity contribution in [3.05, 3.63) is 65.0 Å². The molecule has 6 heteroatoms. The SMILES string of the molecule is COc1ccc2oc(-c3csc(NC(=O)c4ccc(C)cc4)n3)cc2c1. The summed E-state index contributed by atoms with van der Waals surface area (Å²) in [6.07, 6.45) is 0. The van der Waals surface area contributed by atoms with E-state index in [1.807, 2.05) is 48.7 Å². The molecule has 0 aliphatic heterocycles. The number of methoxy groups -OCH3 is 1. The van der Waals surface area contributed by atoms with E-state index in [-0.39, 0.29) is 5.91 Å². The van der Waals surface area contributed by atoms with E-state index in [1.165, 1.54) is 11.3 Å². The molecule has 26 heavy (non-hydrogen) atoms. The van der Waals surface area contributed by atoms with Crippen LogP contribution in [0, 0.1) is 6.92 Å². The van der Waals surface area contributed by atoms with Crippen molar-refractivity contribution < 1.29 is 13.9 Å². The molecule has 130 valence electrons. The van der Waals surface area contributed by atoms with Crippen LogP contribution >= 0.6 is 11.3 Å². The molecule has 0 aliphatic rings. The molecule has 0 atom stereocenters. The summed E-state index contributed by atoms with van der Waals surface area (Å²) in [5.74, 6) is 1.25. The molecular formula is C20H16N2O3S. The summed E-state index contributed by atoms with van der Waals surface area (Å²) >= 11 is 1.36. The molecule has 2 aromatic heterocycles. The van der Waals surface area contributed by atoms with Gasteiger partial charge in [-0.05, 0) is 43.3 Å². The third-order valence-electron chi connectivity index (χ3n) is 4.01. The van der Waals surface area contributed by atoms with Gasteiger partial charge in [0, 0.05) is 16.3 Å². The summed E-state index contributed by atoms with van der Waals surface area (Å²) in [6, 6.07) is 15.0. The summed E-state index contributed by atoms with van der Waals surface area (Å²) in [4.78, 5) is 16.8. The number of anilines is 1. The normalized spacial score (nSPS) is 10.8. The predicted molar refractivity (Wildman–Crippen MR) is 103 cm³/mol. The number of carbonyl (C=O) groups excluding carboxylic acids is 1. The Kier molecular flexibility index (Phi) is 4.18. The Bertz CT molecular complexity index is 1080. The standard InChI is InChI=1S/C20H16N2O3S/c1-12-3-5-13(6-4-12)19(23)22-20-21-16(11-26-20)18-10-14-9-15(24-2)7-8-17(14)25-18/h3-11H,1-2H3,(H,21,22,23). The quantitative estimate of drug-likeness (QED) is 0.545. The lowest BCUT2D eigenvalue weighted by Gasteiger charge is -2.01. The molecule has 5 nitrogen and oxygen atoms in total. The van der Waals surface area contributed by atoms with E-state index < -0.39 is 0 Å². The lowest BCUT2D eigenvalue weighted by molar-refractivity contribution is 0.102. The van der Waals surface area contributed by atoms with Gasteiger partial charge in [0.15, 0.2) is 10.9 Å². The van der Waals surface area contributed by atoms with Gasteiger partial charge in [0.2, 0.25) is 0 Å². The second-order valence-electron chi connectivity index (χ2n) is 5.87. The molecule has 2 aromatic carbocycles. The molecule has 0 spiro atoms. The van der Waals surface area contributed by atoms with Gasteiger partial charge in [0.05, 0.1) is 7.11 Å². The van der Waals surface area contributed by atoms with E-state index in [1.54, 1.807) is 19.2 Å². The number of fused-ring (bicyclic) bond motifs is 1. The number of furan rings is 1. The van der Waals surface area contributed by atoms with Gasteiger partial charge < -0.3 is 9.15 Å². The maximum absolute atomic E-state index is 12.3. The van der Waals surface area contributed by atoms with E-state index in [9.17, 15) is 4.79 Å². The van der Waals surface area contributed by atoms with E-state index in [4.69, 9.17) is 9.15 Å². The first-order valence-corrected chi connectivity index (χ1v) is 8.92. The molecule has 0 saturated carbocycles. The number of aryl methyl sites for hydroxylation is 1. The number of hydrogen-bond donors (Lipinski definition) is 1. The molecule has 2 heterocycles. The van der Waals surface area contributed by atoms with Crippen LogP contribution in [0.15, 0.2) is 58.3 Å². The Labute approximate surface area is 154 Å². The highest BCUT2D eigenvalue weighted by molar-refractivity contribution is 7.14. The van der Waals surface area contributed by atoms with Crippen LogP contribution in [0.3, 0.4) is 0 Å². The Balaban J connectivity index is 1.56. The maximum atomic E-state index is 12.3. The minimum absolute atomic E-state index is 0.180.